The zero-order valence-corrected chi connectivity index (χ0v) is 15.0. The van der Waals surface area contributed by atoms with Crippen LogP contribution < -0.4 is 0 Å². The quantitative estimate of drug-likeness (QED) is 0.563. The monoisotopic (exact) mass is 357 g/mol. The van der Waals surface area contributed by atoms with Crippen LogP contribution in [0.15, 0.2) is 29.4 Å². The summed E-state index contributed by atoms with van der Waals surface area (Å²) in [7, 11) is -1.24. The molecule has 0 bridgehead atoms. The minimum atomic E-state index is -3.01. The number of rotatable bonds is 7. The predicted octanol–water partition coefficient (Wildman–Crippen LogP) is 2.93. The molecule has 0 radical (unpaired) electrons. The van der Waals surface area contributed by atoms with Gasteiger partial charge in [0.1, 0.15) is 5.82 Å². The molecule has 2 aromatic rings. The fourth-order valence-corrected chi connectivity index (χ4v) is 4.03. The molecule has 0 saturated carbocycles. The highest BCUT2D eigenvalue weighted by Crippen LogP contribution is 2.25. The van der Waals surface area contributed by atoms with Crippen molar-refractivity contribution in [1.29, 1.82) is 0 Å². The van der Waals surface area contributed by atoms with E-state index < -0.39 is 9.84 Å². The molecule has 0 atom stereocenters. The second-order valence-electron chi connectivity index (χ2n) is 5.46. The van der Waals surface area contributed by atoms with E-state index in [2.05, 4.69) is 10.2 Å². The number of hydrogen-bond donors (Lipinski definition) is 0. The van der Waals surface area contributed by atoms with E-state index in [4.69, 9.17) is 0 Å². The van der Waals surface area contributed by atoms with Crippen molar-refractivity contribution in [2.24, 2.45) is 7.05 Å². The molecule has 0 aliphatic carbocycles. The van der Waals surface area contributed by atoms with Crippen molar-refractivity contribution >= 4 is 21.6 Å². The highest BCUT2D eigenvalue weighted by molar-refractivity contribution is 7.99. The minimum Gasteiger partial charge on any atom is -0.305 e. The third-order valence-electron chi connectivity index (χ3n) is 3.47. The van der Waals surface area contributed by atoms with Crippen molar-refractivity contribution in [1.82, 2.24) is 14.8 Å². The lowest BCUT2D eigenvalue weighted by atomic mass is 10.2. The summed E-state index contributed by atoms with van der Waals surface area (Å²) in [6, 6.07) is 6.41. The van der Waals surface area contributed by atoms with Gasteiger partial charge in [-0.3, -0.25) is 0 Å². The van der Waals surface area contributed by atoms with Crippen LogP contribution in [0.5, 0.6) is 0 Å². The molecule has 8 heteroatoms. The summed E-state index contributed by atoms with van der Waals surface area (Å²) in [4.78, 5) is 0. The normalized spacial score (nSPS) is 12.0. The van der Waals surface area contributed by atoms with Gasteiger partial charge in [-0.2, -0.15) is 0 Å². The van der Waals surface area contributed by atoms with E-state index >= 15 is 0 Å². The minimum absolute atomic E-state index is 0.162. The Morgan fingerprint density at radius 3 is 2.61 bits per heavy atom. The van der Waals surface area contributed by atoms with Crippen molar-refractivity contribution in [2.45, 2.75) is 30.7 Å². The summed E-state index contributed by atoms with van der Waals surface area (Å²) in [5.74, 6) is 0.896. The van der Waals surface area contributed by atoms with E-state index in [1.165, 1.54) is 17.8 Å². The smallest absolute Gasteiger partial charge is 0.191 e. The van der Waals surface area contributed by atoms with Crippen molar-refractivity contribution in [3.8, 4) is 11.4 Å². The van der Waals surface area contributed by atoms with Gasteiger partial charge in [-0.15, -0.1) is 10.2 Å². The molecule has 1 aromatic carbocycles. The van der Waals surface area contributed by atoms with Gasteiger partial charge in [-0.25, -0.2) is 12.8 Å². The van der Waals surface area contributed by atoms with Gasteiger partial charge in [0.2, 0.25) is 0 Å². The van der Waals surface area contributed by atoms with E-state index in [0.717, 1.165) is 0 Å². The molecule has 0 saturated heterocycles. The number of hydrogen-bond acceptors (Lipinski definition) is 5. The molecule has 126 valence electrons. The number of nitrogens with zero attached hydrogens (tertiary/aromatic N) is 3. The van der Waals surface area contributed by atoms with Crippen molar-refractivity contribution in [2.75, 3.05) is 11.5 Å². The third-order valence-corrected chi connectivity index (χ3v) is 6.87. The van der Waals surface area contributed by atoms with Crippen LogP contribution in [-0.2, 0) is 16.9 Å². The van der Waals surface area contributed by atoms with Crippen LogP contribution in [0.4, 0.5) is 4.39 Å². The van der Waals surface area contributed by atoms with E-state index in [9.17, 15) is 12.8 Å². The molecular formula is C15H20FN3O2S2. The lowest BCUT2D eigenvalue weighted by Gasteiger charge is -2.07. The van der Waals surface area contributed by atoms with Gasteiger partial charge in [-0.05, 0) is 32.4 Å². The lowest BCUT2D eigenvalue weighted by Crippen LogP contribution is -2.18. The fourth-order valence-electron chi connectivity index (χ4n) is 1.98. The van der Waals surface area contributed by atoms with Gasteiger partial charge in [0.15, 0.2) is 20.8 Å². The van der Waals surface area contributed by atoms with Gasteiger partial charge < -0.3 is 4.57 Å². The number of aromatic nitrogens is 3. The molecule has 23 heavy (non-hydrogen) atoms. The fraction of sp³-hybridized carbons (Fsp3) is 0.467. The first kappa shape index (κ1) is 17.9. The molecule has 0 unspecified atom stereocenters. The highest BCUT2D eigenvalue weighted by atomic mass is 32.2. The summed E-state index contributed by atoms with van der Waals surface area (Å²) in [6.45, 7) is 3.37. The molecule has 0 aliphatic rings. The molecule has 1 aromatic heterocycles. The summed E-state index contributed by atoms with van der Waals surface area (Å²) >= 11 is 1.42. The predicted molar refractivity (Wildman–Crippen MR) is 90.7 cm³/mol. The number of thioether (sulfide) groups is 1. The first-order valence-electron chi connectivity index (χ1n) is 7.31. The van der Waals surface area contributed by atoms with Crippen LogP contribution in [0.2, 0.25) is 0 Å². The Hall–Kier alpha value is -1.41. The second kappa shape index (κ2) is 7.44. The Morgan fingerprint density at radius 2 is 1.96 bits per heavy atom. The maximum Gasteiger partial charge on any atom is 0.191 e. The Kier molecular flexibility index (Phi) is 5.80. The van der Waals surface area contributed by atoms with Gasteiger partial charge >= 0.3 is 0 Å². The Morgan fingerprint density at radius 1 is 1.26 bits per heavy atom. The maximum atomic E-state index is 13.8. The van der Waals surface area contributed by atoms with Crippen molar-refractivity contribution < 1.29 is 12.8 Å². The van der Waals surface area contributed by atoms with Gasteiger partial charge in [0, 0.05) is 12.8 Å². The van der Waals surface area contributed by atoms with Crippen LogP contribution in [0.25, 0.3) is 11.4 Å². The van der Waals surface area contributed by atoms with Crippen LogP contribution in [0, 0.1) is 5.82 Å². The molecule has 0 amide bonds. The summed E-state index contributed by atoms with van der Waals surface area (Å²) in [6.07, 6.45) is 0.549. The summed E-state index contributed by atoms with van der Waals surface area (Å²) in [5.41, 5.74) is 0.400. The number of halogens is 1. The highest BCUT2D eigenvalue weighted by Gasteiger charge is 2.17. The van der Waals surface area contributed by atoms with E-state index in [1.54, 1.807) is 43.7 Å². The zero-order chi connectivity index (χ0) is 17.0. The van der Waals surface area contributed by atoms with Crippen LogP contribution in [-0.4, -0.2) is 39.9 Å². The van der Waals surface area contributed by atoms with Crippen molar-refractivity contribution in [3.05, 3.63) is 30.1 Å². The van der Waals surface area contributed by atoms with Crippen LogP contribution in [0.1, 0.15) is 20.3 Å². The SMILES string of the molecule is CC(C)S(=O)(=O)CCCSc1nnc(-c2ccccc2F)n1C. The second-order valence-corrected chi connectivity index (χ2v) is 9.20. The first-order valence-corrected chi connectivity index (χ1v) is 10.0. The Balaban J connectivity index is 2.00. The molecule has 0 aliphatic heterocycles. The molecular weight excluding hydrogens is 337 g/mol. The molecule has 5 nitrogen and oxygen atoms in total. The van der Waals surface area contributed by atoms with E-state index in [-0.39, 0.29) is 16.8 Å². The summed E-state index contributed by atoms with van der Waals surface area (Å²) in [5, 5.41) is 8.39. The standard InChI is InChI=1S/C15H20FN3O2S2/c1-11(2)23(20,21)10-6-9-22-15-18-17-14(19(15)3)12-7-4-5-8-13(12)16/h4-5,7-8,11H,6,9-10H2,1-3H3. The van der Waals surface area contributed by atoms with Gasteiger partial charge in [0.05, 0.1) is 16.6 Å². The van der Waals surface area contributed by atoms with Crippen LogP contribution in [0.3, 0.4) is 0 Å². The number of benzene rings is 1. The average molecular weight is 357 g/mol. The number of sulfone groups is 1. The molecule has 0 N–H and O–H groups in total. The molecule has 0 spiro atoms. The lowest BCUT2D eigenvalue weighted by molar-refractivity contribution is 0.586. The third kappa shape index (κ3) is 4.32. The largest absolute Gasteiger partial charge is 0.305 e. The summed E-state index contributed by atoms with van der Waals surface area (Å²) < 4.78 is 39.0. The average Bonchev–Trinajstić information content (AvgIpc) is 2.85. The molecule has 0 fully saturated rings. The zero-order valence-electron chi connectivity index (χ0n) is 13.4. The van der Waals surface area contributed by atoms with Crippen LogP contribution >= 0.6 is 11.8 Å². The van der Waals surface area contributed by atoms with E-state index in [0.29, 0.717) is 28.7 Å². The maximum absolute atomic E-state index is 13.8. The first-order chi connectivity index (χ1) is 10.8. The van der Waals surface area contributed by atoms with Gasteiger partial charge in [0.25, 0.3) is 0 Å². The van der Waals surface area contributed by atoms with Gasteiger partial charge in [-0.1, -0.05) is 23.9 Å². The topological polar surface area (TPSA) is 64.8 Å². The molecule has 2 rings (SSSR count). The molecule has 1 heterocycles. The Labute approximate surface area is 140 Å². The van der Waals surface area contributed by atoms with Crippen molar-refractivity contribution in [3.63, 3.8) is 0 Å². The Bertz CT molecular complexity index is 773. The van der Waals surface area contributed by atoms with E-state index in [1.807, 2.05) is 0 Å².